The topological polar surface area (TPSA) is 70.9 Å². The molecule has 3 rings (SSSR count). The van der Waals surface area contributed by atoms with Crippen molar-refractivity contribution in [3.8, 4) is 0 Å². The highest BCUT2D eigenvalue weighted by molar-refractivity contribution is 9.10. The normalized spacial score (nSPS) is 10.8. The Morgan fingerprint density at radius 1 is 1.38 bits per heavy atom. The molecule has 0 unspecified atom stereocenters. The standard InChI is InChI=1S/C9H7BrN6/c10-6-5-13-16-4-3-11-9(8(6)16)14-7-1-2-12-15-7/h1-5H,(H2,11,12,14,15). The van der Waals surface area contributed by atoms with Gasteiger partial charge in [0.2, 0.25) is 0 Å². The summed E-state index contributed by atoms with van der Waals surface area (Å²) < 4.78 is 2.64. The van der Waals surface area contributed by atoms with Crippen LogP contribution in [-0.4, -0.2) is 24.8 Å². The van der Waals surface area contributed by atoms with Crippen molar-refractivity contribution in [1.82, 2.24) is 24.8 Å². The van der Waals surface area contributed by atoms with Crippen LogP contribution < -0.4 is 5.32 Å². The van der Waals surface area contributed by atoms with E-state index in [9.17, 15) is 0 Å². The van der Waals surface area contributed by atoms with Crippen molar-refractivity contribution in [3.63, 3.8) is 0 Å². The number of nitrogens with zero attached hydrogens (tertiary/aromatic N) is 4. The smallest absolute Gasteiger partial charge is 0.158 e. The largest absolute Gasteiger partial charge is 0.323 e. The molecule has 0 saturated carbocycles. The van der Waals surface area contributed by atoms with Crippen LogP contribution in [0.25, 0.3) is 5.52 Å². The van der Waals surface area contributed by atoms with Crippen LogP contribution in [0.15, 0.2) is 35.3 Å². The number of aromatic amines is 1. The monoisotopic (exact) mass is 278 g/mol. The molecule has 7 heteroatoms. The molecule has 2 N–H and O–H groups in total. The fraction of sp³-hybridized carbons (Fsp3) is 0. The van der Waals surface area contributed by atoms with Gasteiger partial charge in [-0.3, -0.25) is 5.10 Å². The molecule has 6 nitrogen and oxygen atoms in total. The van der Waals surface area contributed by atoms with Crippen molar-refractivity contribution in [1.29, 1.82) is 0 Å². The number of anilines is 2. The molecule has 0 spiro atoms. The van der Waals surface area contributed by atoms with Gasteiger partial charge in [-0.15, -0.1) is 0 Å². The average molecular weight is 279 g/mol. The van der Waals surface area contributed by atoms with E-state index in [-0.39, 0.29) is 0 Å². The Kier molecular flexibility index (Phi) is 2.10. The molecule has 80 valence electrons. The average Bonchev–Trinajstić information content (AvgIpc) is 2.90. The molecule has 0 amide bonds. The molecule has 0 aliphatic heterocycles. The molecule has 0 aliphatic carbocycles. The highest BCUT2D eigenvalue weighted by Crippen LogP contribution is 2.24. The van der Waals surface area contributed by atoms with Gasteiger partial charge in [-0.25, -0.2) is 9.50 Å². The van der Waals surface area contributed by atoms with Gasteiger partial charge in [0.1, 0.15) is 11.3 Å². The van der Waals surface area contributed by atoms with Crippen molar-refractivity contribution >= 4 is 33.1 Å². The number of aromatic nitrogens is 5. The second-order valence-corrected chi connectivity index (χ2v) is 4.01. The van der Waals surface area contributed by atoms with Crippen LogP contribution in [0.4, 0.5) is 11.6 Å². The lowest BCUT2D eigenvalue weighted by atomic mass is 10.4. The fourth-order valence-electron chi connectivity index (χ4n) is 1.45. The molecule has 3 aromatic heterocycles. The lowest BCUT2D eigenvalue weighted by Gasteiger charge is -2.04. The van der Waals surface area contributed by atoms with Crippen molar-refractivity contribution in [2.45, 2.75) is 0 Å². The van der Waals surface area contributed by atoms with Crippen LogP contribution in [0.5, 0.6) is 0 Å². The number of nitrogens with one attached hydrogen (secondary N) is 2. The highest BCUT2D eigenvalue weighted by Gasteiger charge is 2.08. The van der Waals surface area contributed by atoms with E-state index in [0.29, 0.717) is 0 Å². The summed E-state index contributed by atoms with van der Waals surface area (Å²) in [6.45, 7) is 0. The molecular formula is C9H7BrN6. The van der Waals surface area contributed by atoms with E-state index in [2.05, 4.69) is 41.5 Å². The predicted molar refractivity (Wildman–Crippen MR) is 62.6 cm³/mol. The van der Waals surface area contributed by atoms with Crippen LogP contribution >= 0.6 is 15.9 Å². The molecule has 3 heterocycles. The zero-order chi connectivity index (χ0) is 11.0. The van der Waals surface area contributed by atoms with E-state index in [1.165, 1.54) is 0 Å². The minimum atomic E-state index is 0.719. The Morgan fingerprint density at radius 3 is 3.12 bits per heavy atom. The molecule has 0 fully saturated rings. The van der Waals surface area contributed by atoms with Gasteiger partial charge in [-0.2, -0.15) is 10.2 Å². The highest BCUT2D eigenvalue weighted by atomic mass is 79.9. The zero-order valence-electron chi connectivity index (χ0n) is 8.05. The molecule has 0 aromatic carbocycles. The first-order valence-corrected chi connectivity index (χ1v) is 5.38. The zero-order valence-corrected chi connectivity index (χ0v) is 9.64. The number of fused-ring (bicyclic) bond motifs is 1. The van der Waals surface area contributed by atoms with Gasteiger partial charge < -0.3 is 5.32 Å². The first kappa shape index (κ1) is 9.34. The maximum atomic E-state index is 4.27. The number of halogens is 1. The van der Waals surface area contributed by atoms with Gasteiger partial charge in [-0.05, 0) is 15.9 Å². The lowest BCUT2D eigenvalue weighted by molar-refractivity contribution is 0.947. The van der Waals surface area contributed by atoms with Crippen LogP contribution in [-0.2, 0) is 0 Å². The first-order chi connectivity index (χ1) is 7.84. The number of rotatable bonds is 2. The Balaban J connectivity index is 2.12. The van der Waals surface area contributed by atoms with Crippen molar-refractivity contribution in [2.75, 3.05) is 5.32 Å². The lowest BCUT2D eigenvalue weighted by Crippen LogP contribution is -1.98. The molecule has 16 heavy (non-hydrogen) atoms. The van der Waals surface area contributed by atoms with E-state index in [0.717, 1.165) is 21.6 Å². The molecule has 0 aliphatic rings. The Labute approximate surface area is 98.8 Å². The molecule has 0 radical (unpaired) electrons. The fourth-order valence-corrected chi connectivity index (χ4v) is 1.91. The van der Waals surface area contributed by atoms with Crippen LogP contribution in [0.3, 0.4) is 0 Å². The van der Waals surface area contributed by atoms with Gasteiger partial charge in [-0.1, -0.05) is 0 Å². The summed E-state index contributed by atoms with van der Waals surface area (Å²) >= 11 is 3.43. The molecule has 3 aromatic rings. The third kappa shape index (κ3) is 1.45. The van der Waals surface area contributed by atoms with E-state index >= 15 is 0 Å². The molecule has 0 bridgehead atoms. The molecular weight excluding hydrogens is 272 g/mol. The second-order valence-electron chi connectivity index (χ2n) is 3.16. The Hall–Kier alpha value is -1.89. The van der Waals surface area contributed by atoms with Crippen molar-refractivity contribution < 1.29 is 0 Å². The first-order valence-electron chi connectivity index (χ1n) is 4.59. The third-order valence-electron chi connectivity index (χ3n) is 2.14. The number of hydrogen-bond acceptors (Lipinski definition) is 4. The summed E-state index contributed by atoms with van der Waals surface area (Å²) in [6.07, 6.45) is 6.88. The SMILES string of the molecule is Brc1cnn2ccnc(Nc3ccn[nH]3)c12. The van der Waals surface area contributed by atoms with Gasteiger partial charge in [0.05, 0.1) is 16.9 Å². The summed E-state index contributed by atoms with van der Waals surface area (Å²) in [7, 11) is 0. The van der Waals surface area contributed by atoms with Gasteiger partial charge in [0.25, 0.3) is 0 Å². The summed E-state index contributed by atoms with van der Waals surface area (Å²) in [5.74, 6) is 1.50. The number of H-pyrrole nitrogens is 1. The Morgan fingerprint density at radius 2 is 2.31 bits per heavy atom. The summed E-state index contributed by atoms with van der Waals surface area (Å²) in [5.41, 5.74) is 0.886. The summed E-state index contributed by atoms with van der Waals surface area (Å²) in [5, 5.41) is 14.0. The third-order valence-corrected chi connectivity index (χ3v) is 2.72. The summed E-state index contributed by atoms with van der Waals surface area (Å²) in [6, 6.07) is 1.83. The Bertz CT molecular complexity index is 614. The van der Waals surface area contributed by atoms with E-state index in [1.807, 2.05) is 6.07 Å². The maximum Gasteiger partial charge on any atom is 0.158 e. The molecule has 0 atom stereocenters. The van der Waals surface area contributed by atoms with Crippen LogP contribution in [0, 0.1) is 0 Å². The maximum absolute atomic E-state index is 4.27. The minimum absolute atomic E-state index is 0.719. The van der Waals surface area contributed by atoms with E-state index in [1.54, 1.807) is 29.3 Å². The van der Waals surface area contributed by atoms with E-state index in [4.69, 9.17) is 0 Å². The van der Waals surface area contributed by atoms with Crippen molar-refractivity contribution in [3.05, 3.63) is 35.3 Å². The van der Waals surface area contributed by atoms with Crippen LogP contribution in [0.2, 0.25) is 0 Å². The minimum Gasteiger partial charge on any atom is -0.323 e. The van der Waals surface area contributed by atoms with E-state index < -0.39 is 0 Å². The van der Waals surface area contributed by atoms with Gasteiger partial charge in [0.15, 0.2) is 5.82 Å². The number of hydrogen-bond donors (Lipinski definition) is 2. The second kappa shape index (κ2) is 3.60. The predicted octanol–water partition coefficient (Wildman–Crippen LogP) is 1.96. The van der Waals surface area contributed by atoms with Crippen molar-refractivity contribution in [2.24, 2.45) is 0 Å². The van der Waals surface area contributed by atoms with Gasteiger partial charge in [0, 0.05) is 18.5 Å². The van der Waals surface area contributed by atoms with Gasteiger partial charge >= 0.3 is 0 Å². The van der Waals surface area contributed by atoms with Crippen LogP contribution in [0.1, 0.15) is 0 Å². The molecule has 0 saturated heterocycles. The summed E-state index contributed by atoms with van der Waals surface area (Å²) in [4.78, 5) is 4.27. The quantitative estimate of drug-likeness (QED) is 0.752.